The number of ether oxygens (including phenoxy) is 1. The Balaban J connectivity index is 3.43. The summed E-state index contributed by atoms with van der Waals surface area (Å²) in [4.78, 5) is 0. The van der Waals surface area contributed by atoms with Gasteiger partial charge in [-0.05, 0) is 13.5 Å². The van der Waals surface area contributed by atoms with E-state index in [9.17, 15) is 0 Å². The molecule has 0 aromatic heterocycles. The van der Waals surface area contributed by atoms with E-state index in [2.05, 4.69) is 19.2 Å². The maximum atomic E-state index is 5.08. The fourth-order valence-electron chi connectivity index (χ4n) is 0.814. The molecular weight excluding hydrogens is 170 g/mol. The van der Waals surface area contributed by atoms with Crippen LogP contribution in [0.2, 0.25) is 0 Å². The highest BCUT2D eigenvalue weighted by Crippen LogP contribution is 2.14. The molecule has 0 aliphatic rings. The van der Waals surface area contributed by atoms with Crippen molar-refractivity contribution in [1.82, 2.24) is 5.32 Å². The standard InChI is InChI=1S/C9H21NOS/c1-5-8(2)12-7-9(10-3)6-11-4/h8-10H,5-7H2,1-4H3. The van der Waals surface area contributed by atoms with E-state index in [-0.39, 0.29) is 0 Å². The lowest BCUT2D eigenvalue weighted by Gasteiger charge is -2.16. The van der Waals surface area contributed by atoms with Crippen molar-refractivity contribution < 1.29 is 4.74 Å². The van der Waals surface area contributed by atoms with E-state index in [1.165, 1.54) is 6.42 Å². The van der Waals surface area contributed by atoms with Gasteiger partial charge in [0.05, 0.1) is 6.61 Å². The zero-order chi connectivity index (χ0) is 9.40. The van der Waals surface area contributed by atoms with Gasteiger partial charge >= 0.3 is 0 Å². The summed E-state index contributed by atoms with van der Waals surface area (Å²) in [5.41, 5.74) is 0. The first-order chi connectivity index (χ1) is 5.74. The van der Waals surface area contributed by atoms with E-state index in [0.717, 1.165) is 17.6 Å². The van der Waals surface area contributed by atoms with Gasteiger partial charge < -0.3 is 10.1 Å². The molecule has 0 radical (unpaired) electrons. The van der Waals surface area contributed by atoms with Crippen molar-refractivity contribution in [2.45, 2.75) is 31.6 Å². The number of methoxy groups -OCH3 is 1. The third-order valence-electron chi connectivity index (χ3n) is 1.93. The molecule has 12 heavy (non-hydrogen) atoms. The Hall–Kier alpha value is 0.270. The fourth-order valence-corrected chi connectivity index (χ4v) is 1.87. The molecular formula is C9H21NOS. The Bertz CT molecular complexity index is 101. The van der Waals surface area contributed by atoms with Crippen LogP contribution in [0.4, 0.5) is 0 Å². The van der Waals surface area contributed by atoms with Crippen LogP contribution in [0, 0.1) is 0 Å². The molecule has 2 nitrogen and oxygen atoms in total. The van der Waals surface area contributed by atoms with Gasteiger partial charge in [-0.25, -0.2) is 0 Å². The lowest BCUT2D eigenvalue weighted by molar-refractivity contribution is 0.177. The summed E-state index contributed by atoms with van der Waals surface area (Å²) < 4.78 is 5.08. The maximum Gasteiger partial charge on any atom is 0.0623 e. The zero-order valence-corrected chi connectivity index (χ0v) is 9.41. The van der Waals surface area contributed by atoms with Gasteiger partial charge in [0, 0.05) is 24.2 Å². The number of thioether (sulfide) groups is 1. The predicted octanol–water partition coefficient (Wildman–Crippen LogP) is 1.75. The summed E-state index contributed by atoms with van der Waals surface area (Å²) in [6.07, 6.45) is 1.24. The fraction of sp³-hybridized carbons (Fsp3) is 1.00. The predicted molar refractivity (Wildman–Crippen MR) is 56.9 cm³/mol. The van der Waals surface area contributed by atoms with Gasteiger partial charge in [-0.15, -0.1) is 0 Å². The number of hydrogen-bond donors (Lipinski definition) is 1. The molecule has 3 heteroatoms. The van der Waals surface area contributed by atoms with Crippen molar-refractivity contribution in [2.75, 3.05) is 26.5 Å². The number of hydrogen-bond acceptors (Lipinski definition) is 3. The van der Waals surface area contributed by atoms with Crippen molar-refractivity contribution in [2.24, 2.45) is 0 Å². The number of rotatable bonds is 7. The minimum Gasteiger partial charge on any atom is -0.383 e. The average Bonchev–Trinajstić information content (AvgIpc) is 2.11. The van der Waals surface area contributed by atoms with Crippen LogP contribution in [0.5, 0.6) is 0 Å². The molecule has 0 bridgehead atoms. The van der Waals surface area contributed by atoms with Crippen molar-refractivity contribution in [3.8, 4) is 0 Å². The van der Waals surface area contributed by atoms with E-state index in [1.54, 1.807) is 7.11 Å². The van der Waals surface area contributed by atoms with Crippen LogP contribution < -0.4 is 5.32 Å². The van der Waals surface area contributed by atoms with Gasteiger partial charge in [0.15, 0.2) is 0 Å². The largest absolute Gasteiger partial charge is 0.383 e. The van der Waals surface area contributed by atoms with E-state index >= 15 is 0 Å². The monoisotopic (exact) mass is 191 g/mol. The van der Waals surface area contributed by atoms with Crippen molar-refractivity contribution >= 4 is 11.8 Å². The normalized spacial score (nSPS) is 16.0. The molecule has 0 aliphatic carbocycles. The van der Waals surface area contributed by atoms with Crippen LogP contribution in [0.25, 0.3) is 0 Å². The smallest absolute Gasteiger partial charge is 0.0623 e. The second kappa shape index (κ2) is 7.90. The molecule has 0 aromatic carbocycles. The molecule has 74 valence electrons. The molecule has 2 atom stereocenters. The minimum atomic E-state index is 0.494. The van der Waals surface area contributed by atoms with Crippen LogP contribution in [0.3, 0.4) is 0 Å². The van der Waals surface area contributed by atoms with Gasteiger partial charge in [0.1, 0.15) is 0 Å². The zero-order valence-electron chi connectivity index (χ0n) is 8.59. The molecule has 0 aromatic rings. The Morgan fingerprint density at radius 3 is 2.58 bits per heavy atom. The van der Waals surface area contributed by atoms with Crippen molar-refractivity contribution in [3.63, 3.8) is 0 Å². The van der Waals surface area contributed by atoms with Gasteiger partial charge in [-0.2, -0.15) is 11.8 Å². The lowest BCUT2D eigenvalue weighted by atomic mass is 10.4. The Kier molecular flexibility index (Phi) is 8.07. The quantitative estimate of drug-likeness (QED) is 0.662. The van der Waals surface area contributed by atoms with Gasteiger partial charge in [-0.3, -0.25) is 0 Å². The molecule has 0 saturated heterocycles. The maximum absolute atomic E-state index is 5.08. The molecule has 2 unspecified atom stereocenters. The lowest BCUT2D eigenvalue weighted by Crippen LogP contribution is -2.32. The highest BCUT2D eigenvalue weighted by Gasteiger charge is 2.07. The summed E-state index contributed by atoms with van der Waals surface area (Å²) in [6, 6.07) is 0.494. The van der Waals surface area contributed by atoms with Crippen LogP contribution >= 0.6 is 11.8 Å². The van der Waals surface area contributed by atoms with E-state index in [4.69, 9.17) is 4.74 Å². The first-order valence-corrected chi connectivity index (χ1v) is 5.57. The summed E-state index contributed by atoms with van der Waals surface area (Å²) in [5.74, 6) is 1.14. The van der Waals surface area contributed by atoms with Crippen LogP contribution in [0.15, 0.2) is 0 Å². The molecule has 0 aliphatic heterocycles. The summed E-state index contributed by atoms with van der Waals surface area (Å²) in [7, 11) is 3.74. The SMILES string of the molecule is CCC(C)SCC(COC)NC. The molecule has 0 amide bonds. The molecule has 0 spiro atoms. The minimum absolute atomic E-state index is 0.494. The Morgan fingerprint density at radius 1 is 1.50 bits per heavy atom. The van der Waals surface area contributed by atoms with Crippen LogP contribution in [0.1, 0.15) is 20.3 Å². The van der Waals surface area contributed by atoms with E-state index in [0.29, 0.717) is 6.04 Å². The second-order valence-corrected chi connectivity index (χ2v) is 4.46. The summed E-state index contributed by atoms with van der Waals surface area (Å²) in [6.45, 7) is 5.30. The summed E-state index contributed by atoms with van der Waals surface area (Å²) in [5, 5.41) is 4.00. The average molecular weight is 191 g/mol. The van der Waals surface area contributed by atoms with Gasteiger partial charge in [0.2, 0.25) is 0 Å². The second-order valence-electron chi connectivity index (χ2n) is 2.99. The third kappa shape index (κ3) is 5.86. The number of nitrogens with one attached hydrogen (secondary N) is 1. The van der Waals surface area contributed by atoms with Crippen LogP contribution in [-0.4, -0.2) is 37.8 Å². The summed E-state index contributed by atoms with van der Waals surface area (Å²) >= 11 is 2.01. The molecule has 0 heterocycles. The highest BCUT2D eigenvalue weighted by atomic mass is 32.2. The third-order valence-corrected chi connectivity index (χ3v) is 3.43. The van der Waals surface area contributed by atoms with E-state index in [1.807, 2.05) is 18.8 Å². The first kappa shape index (κ1) is 12.3. The molecule has 0 rings (SSSR count). The van der Waals surface area contributed by atoms with E-state index < -0.39 is 0 Å². The highest BCUT2D eigenvalue weighted by molar-refractivity contribution is 7.99. The van der Waals surface area contributed by atoms with Crippen molar-refractivity contribution in [3.05, 3.63) is 0 Å². The molecule has 0 saturated carbocycles. The van der Waals surface area contributed by atoms with Gasteiger partial charge in [-0.1, -0.05) is 13.8 Å². The number of likely N-dealkylation sites (N-methyl/N-ethyl adjacent to an activating group) is 1. The molecule has 0 fully saturated rings. The van der Waals surface area contributed by atoms with Crippen molar-refractivity contribution in [1.29, 1.82) is 0 Å². The Labute approximate surface area is 80.4 Å². The molecule has 1 N–H and O–H groups in total. The van der Waals surface area contributed by atoms with Gasteiger partial charge in [0.25, 0.3) is 0 Å². The Morgan fingerprint density at radius 2 is 2.17 bits per heavy atom. The van der Waals surface area contributed by atoms with Crippen LogP contribution in [-0.2, 0) is 4.74 Å². The first-order valence-electron chi connectivity index (χ1n) is 4.52. The topological polar surface area (TPSA) is 21.3 Å².